The van der Waals surface area contributed by atoms with E-state index in [1.807, 2.05) is 48.5 Å². The van der Waals surface area contributed by atoms with Gasteiger partial charge in [0.1, 0.15) is 23.6 Å². The molecule has 6 N–H and O–H groups in total. The Morgan fingerprint density at radius 2 is 1.55 bits per heavy atom. The standard InChI is InChI=1S/C34H40ClN5O8S/c1-20(2)30(40-34(44)48-19-27-25-11-6-4-9-23(25)24-10-5-7-12-26(24)27)32(42)39-28(13-8-16-37-33(43)36-3)31(41)38-22-15-14-21(18-35)29(17-22)49(45,46)47/h4-7,9-12,14-15,17,20,27-28,30H,8,13,16,18-19H2,1-3H3,(H,38,41)(H,39,42)(H,40,44)(H2,36,37,43)(H,45,46,47). The second-order valence-corrected chi connectivity index (χ2v) is 13.5. The highest BCUT2D eigenvalue weighted by atomic mass is 35.5. The highest BCUT2D eigenvalue weighted by molar-refractivity contribution is 7.85. The largest absolute Gasteiger partial charge is 0.449 e. The van der Waals surface area contributed by atoms with Crippen LogP contribution in [0.3, 0.4) is 0 Å². The van der Waals surface area contributed by atoms with Crippen molar-refractivity contribution >= 4 is 51.3 Å². The number of hydrogen-bond acceptors (Lipinski definition) is 7. The van der Waals surface area contributed by atoms with Crippen molar-refractivity contribution in [3.63, 3.8) is 0 Å². The van der Waals surface area contributed by atoms with E-state index in [4.69, 9.17) is 16.3 Å². The molecule has 0 radical (unpaired) electrons. The summed E-state index contributed by atoms with van der Waals surface area (Å²) in [6, 6.07) is 17.0. The van der Waals surface area contributed by atoms with Gasteiger partial charge in [-0.2, -0.15) is 8.42 Å². The van der Waals surface area contributed by atoms with Gasteiger partial charge in [0.15, 0.2) is 0 Å². The van der Waals surface area contributed by atoms with Crippen LogP contribution in [0.1, 0.15) is 49.3 Å². The summed E-state index contributed by atoms with van der Waals surface area (Å²) in [5.41, 5.74) is 4.39. The van der Waals surface area contributed by atoms with Gasteiger partial charge in [-0.25, -0.2) is 9.59 Å². The van der Waals surface area contributed by atoms with Crippen molar-refractivity contribution in [1.82, 2.24) is 21.3 Å². The SMILES string of the molecule is CNC(=O)NCCCC(NC(=O)C(NC(=O)OCC1c2ccccc2-c2ccccc21)C(C)C)C(=O)Nc1ccc(CCl)c(S(=O)(=O)O)c1. The van der Waals surface area contributed by atoms with E-state index in [0.29, 0.717) is 0 Å². The Bertz CT molecular complexity index is 1760. The normalized spacial score (nSPS) is 13.4. The number of nitrogens with one attached hydrogen (secondary N) is 5. The Hall–Kier alpha value is -4.66. The van der Waals surface area contributed by atoms with E-state index < -0.39 is 57.0 Å². The van der Waals surface area contributed by atoms with E-state index in [0.717, 1.165) is 28.3 Å². The second-order valence-electron chi connectivity index (χ2n) is 11.8. The molecule has 0 aromatic heterocycles. The van der Waals surface area contributed by atoms with E-state index >= 15 is 0 Å². The topological polar surface area (TPSA) is 192 Å². The molecule has 49 heavy (non-hydrogen) atoms. The number of ether oxygens (including phenoxy) is 1. The first kappa shape index (κ1) is 37.2. The Labute approximate surface area is 290 Å². The average Bonchev–Trinajstić information content (AvgIpc) is 3.40. The zero-order valence-corrected chi connectivity index (χ0v) is 28.9. The monoisotopic (exact) mass is 713 g/mol. The summed E-state index contributed by atoms with van der Waals surface area (Å²) in [5, 5.41) is 12.9. The minimum Gasteiger partial charge on any atom is -0.449 e. The molecule has 0 aliphatic heterocycles. The summed E-state index contributed by atoms with van der Waals surface area (Å²) in [7, 11) is -3.19. The number of carbonyl (C=O) groups excluding carboxylic acids is 4. The van der Waals surface area contributed by atoms with Crippen molar-refractivity contribution in [3.05, 3.63) is 83.4 Å². The van der Waals surface area contributed by atoms with Crippen molar-refractivity contribution in [2.24, 2.45) is 5.92 Å². The molecular weight excluding hydrogens is 674 g/mol. The highest BCUT2D eigenvalue weighted by Crippen LogP contribution is 2.44. The van der Waals surface area contributed by atoms with Crippen molar-refractivity contribution in [1.29, 1.82) is 0 Å². The third kappa shape index (κ3) is 9.49. The van der Waals surface area contributed by atoms with Gasteiger partial charge >= 0.3 is 12.1 Å². The molecular formula is C34H40ClN5O8S. The quantitative estimate of drug-likeness (QED) is 0.0806. The maximum absolute atomic E-state index is 13.6. The number of anilines is 1. The fourth-order valence-electron chi connectivity index (χ4n) is 5.64. The Balaban J connectivity index is 1.45. The van der Waals surface area contributed by atoms with Gasteiger partial charge in [0.25, 0.3) is 10.1 Å². The van der Waals surface area contributed by atoms with Crippen LogP contribution in [0.4, 0.5) is 15.3 Å². The Morgan fingerprint density at radius 1 is 0.918 bits per heavy atom. The molecule has 3 aromatic carbocycles. The van der Waals surface area contributed by atoms with Crippen LogP contribution >= 0.6 is 11.6 Å². The Kier molecular flexibility index (Phi) is 12.6. The summed E-state index contributed by atoms with van der Waals surface area (Å²) < 4.78 is 39.0. The lowest BCUT2D eigenvalue weighted by Crippen LogP contribution is -2.54. The summed E-state index contributed by atoms with van der Waals surface area (Å²) >= 11 is 5.81. The van der Waals surface area contributed by atoms with Crippen LogP contribution in [-0.4, -0.2) is 69.2 Å². The molecule has 4 rings (SSSR count). The zero-order chi connectivity index (χ0) is 35.7. The predicted octanol–water partition coefficient (Wildman–Crippen LogP) is 4.37. The van der Waals surface area contributed by atoms with Crippen LogP contribution in [0.5, 0.6) is 0 Å². The number of carbonyl (C=O) groups is 4. The lowest BCUT2D eigenvalue weighted by atomic mass is 9.98. The number of alkyl carbamates (subject to hydrolysis) is 1. The number of rotatable bonds is 14. The maximum atomic E-state index is 13.6. The molecule has 1 aliphatic carbocycles. The molecule has 15 heteroatoms. The molecule has 3 aromatic rings. The van der Waals surface area contributed by atoms with Crippen molar-refractivity contribution in [2.75, 3.05) is 25.5 Å². The van der Waals surface area contributed by atoms with Crippen LogP contribution in [0.15, 0.2) is 71.6 Å². The van der Waals surface area contributed by atoms with Gasteiger partial charge in [-0.15, -0.1) is 11.6 Å². The van der Waals surface area contributed by atoms with Crippen molar-refractivity contribution in [3.8, 4) is 11.1 Å². The third-order valence-corrected chi connectivity index (χ3v) is 9.36. The van der Waals surface area contributed by atoms with Gasteiger partial charge in [-0.1, -0.05) is 68.4 Å². The summed E-state index contributed by atoms with van der Waals surface area (Å²) in [4.78, 5) is 51.2. The average molecular weight is 714 g/mol. The first-order valence-corrected chi connectivity index (χ1v) is 17.7. The minimum absolute atomic E-state index is 0.0337. The van der Waals surface area contributed by atoms with Crippen LogP contribution in [-0.2, 0) is 30.3 Å². The van der Waals surface area contributed by atoms with E-state index in [2.05, 4.69) is 26.6 Å². The highest BCUT2D eigenvalue weighted by Gasteiger charge is 2.32. The number of amides is 5. The number of hydrogen-bond donors (Lipinski definition) is 6. The van der Waals surface area contributed by atoms with E-state index in [1.54, 1.807) is 13.8 Å². The summed E-state index contributed by atoms with van der Waals surface area (Å²) in [5.74, 6) is -2.13. The number of alkyl halides is 1. The molecule has 5 amide bonds. The van der Waals surface area contributed by atoms with Crippen LogP contribution in [0.25, 0.3) is 11.1 Å². The molecule has 262 valence electrons. The molecule has 0 spiro atoms. The molecule has 2 unspecified atom stereocenters. The minimum atomic E-state index is -4.65. The second kappa shape index (κ2) is 16.6. The van der Waals surface area contributed by atoms with Gasteiger partial charge in [0.2, 0.25) is 11.8 Å². The predicted molar refractivity (Wildman–Crippen MR) is 185 cm³/mol. The number of fused-ring (bicyclic) bond motifs is 3. The van der Waals surface area contributed by atoms with Crippen LogP contribution in [0.2, 0.25) is 0 Å². The number of benzene rings is 3. The lowest BCUT2D eigenvalue weighted by molar-refractivity contribution is -0.128. The van der Waals surface area contributed by atoms with Crippen LogP contribution < -0.4 is 26.6 Å². The number of halogens is 1. The van der Waals surface area contributed by atoms with Gasteiger partial charge in [0.05, 0.1) is 0 Å². The molecule has 0 fully saturated rings. The smallest absolute Gasteiger partial charge is 0.407 e. The fraction of sp³-hybridized carbons (Fsp3) is 0.353. The molecule has 1 aliphatic rings. The molecule has 0 saturated carbocycles. The first-order chi connectivity index (χ1) is 23.3. The Morgan fingerprint density at radius 3 is 2.12 bits per heavy atom. The fourth-order valence-corrected chi connectivity index (χ4v) is 6.70. The van der Waals surface area contributed by atoms with Gasteiger partial charge in [-0.3, -0.25) is 14.1 Å². The molecule has 0 saturated heterocycles. The molecule has 0 bridgehead atoms. The van der Waals surface area contributed by atoms with E-state index in [9.17, 15) is 32.1 Å². The van der Waals surface area contributed by atoms with Crippen molar-refractivity contribution in [2.45, 2.75) is 55.5 Å². The summed E-state index contributed by atoms with van der Waals surface area (Å²) in [6.45, 7) is 3.68. The van der Waals surface area contributed by atoms with Crippen LogP contribution in [0, 0.1) is 5.92 Å². The molecule has 0 heterocycles. The maximum Gasteiger partial charge on any atom is 0.407 e. The van der Waals surface area contributed by atoms with Gasteiger partial charge in [0, 0.05) is 31.1 Å². The summed E-state index contributed by atoms with van der Waals surface area (Å²) in [6.07, 6.45) is -0.453. The zero-order valence-electron chi connectivity index (χ0n) is 27.3. The number of urea groups is 1. The van der Waals surface area contributed by atoms with Gasteiger partial charge < -0.3 is 31.3 Å². The lowest BCUT2D eigenvalue weighted by Gasteiger charge is -2.25. The molecule has 2 atom stereocenters. The van der Waals surface area contributed by atoms with E-state index in [1.165, 1.54) is 19.2 Å². The molecule has 13 nitrogen and oxygen atoms in total. The van der Waals surface area contributed by atoms with E-state index in [-0.39, 0.29) is 49.0 Å². The first-order valence-electron chi connectivity index (χ1n) is 15.7. The van der Waals surface area contributed by atoms with Gasteiger partial charge in [-0.05, 0) is 58.7 Å². The third-order valence-electron chi connectivity index (χ3n) is 8.14. The van der Waals surface area contributed by atoms with Crippen molar-refractivity contribution < 1.29 is 36.9 Å².